The van der Waals surface area contributed by atoms with Gasteiger partial charge in [-0.05, 0) is 5.56 Å². The molecular formula is C9H12N2O2. The molecule has 0 radical (unpaired) electrons. The van der Waals surface area contributed by atoms with Crippen LogP contribution in [0.5, 0.6) is 0 Å². The third-order valence-corrected chi connectivity index (χ3v) is 1.46. The van der Waals surface area contributed by atoms with E-state index in [1.165, 1.54) is 0 Å². The first-order valence-electron chi connectivity index (χ1n) is 3.93. The van der Waals surface area contributed by atoms with Crippen LogP contribution in [0, 0.1) is 0 Å². The molecule has 13 heavy (non-hydrogen) atoms. The lowest BCUT2D eigenvalue weighted by molar-refractivity contribution is -0.147. The van der Waals surface area contributed by atoms with Gasteiger partial charge in [-0.1, -0.05) is 30.3 Å². The average Bonchev–Trinajstić information content (AvgIpc) is 2.04. The van der Waals surface area contributed by atoms with Crippen LogP contribution in [0.2, 0.25) is 0 Å². The van der Waals surface area contributed by atoms with Gasteiger partial charge >= 0.3 is 5.97 Å². The summed E-state index contributed by atoms with van der Waals surface area (Å²) < 4.78 is 4.57. The smallest absolute Gasteiger partial charge is 0.312 e. The number of rotatable bonds is 3. The summed E-state index contributed by atoms with van der Waals surface area (Å²) in [6, 6.07) is 9.26. The van der Waals surface area contributed by atoms with Gasteiger partial charge in [0.25, 0.3) is 0 Å². The Kier molecular flexibility index (Phi) is 3.42. The zero-order valence-corrected chi connectivity index (χ0v) is 7.14. The molecular weight excluding hydrogens is 168 g/mol. The highest BCUT2D eigenvalue weighted by atomic mass is 16.6. The van der Waals surface area contributed by atoms with E-state index in [0.717, 1.165) is 5.56 Å². The van der Waals surface area contributed by atoms with Crippen LogP contribution in [-0.2, 0) is 16.0 Å². The molecule has 4 N–H and O–H groups in total. The molecule has 0 atom stereocenters. The Balaban J connectivity index is 2.46. The molecule has 1 aromatic carbocycles. The van der Waals surface area contributed by atoms with Gasteiger partial charge in [0, 0.05) is 0 Å². The second-order valence-electron chi connectivity index (χ2n) is 2.62. The Bertz CT molecular complexity index is 272. The topological polar surface area (TPSA) is 78.3 Å². The summed E-state index contributed by atoms with van der Waals surface area (Å²) in [5.41, 5.74) is 11.0. The van der Waals surface area contributed by atoms with E-state index in [4.69, 9.17) is 11.5 Å². The van der Waals surface area contributed by atoms with Gasteiger partial charge in [0.1, 0.15) is 0 Å². The SMILES string of the molecule is NC(N)OC(=O)Cc1ccccc1. The second-order valence-corrected chi connectivity index (χ2v) is 2.62. The average molecular weight is 180 g/mol. The van der Waals surface area contributed by atoms with Gasteiger partial charge in [-0.2, -0.15) is 0 Å². The van der Waals surface area contributed by atoms with E-state index in [2.05, 4.69) is 4.74 Å². The van der Waals surface area contributed by atoms with Crippen molar-refractivity contribution in [2.75, 3.05) is 0 Å². The van der Waals surface area contributed by atoms with Crippen molar-refractivity contribution in [3.63, 3.8) is 0 Å². The highest BCUT2D eigenvalue weighted by Crippen LogP contribution is 2.00. The Labute approximate surface area is 76.5 Å². The van der Waals surface area contributed by atoms with Gasteiger partial charge in [-0.3, -0.25) is 16.3 Å². The normalized spacial score (nSPS) is 10.1. The lowest BCUT2D eigenvalue weighted by Crippen LogP contribution is -2.36. The summed E-state index contributed by atoms with van der Waals surface area (Å²) in [6.07, 6.45) is -0.831. The third-order valence-electron chi connectivity index (χ3n) is 1.46. The minimum atomic E-state index is -1.03. The molecule has 0 aliphatic rings. The first-order chi connectivity index (χ1) is 6.18. The van der Waals surface area contributed by atoms with Gasteiger partial charge in [-0.25, -0.2) is 0 Å². The fraction of sp³-hybridized carbons (Fsp3) is 0.222. The van der Waals surface area contributed by atoms with Crippen LogP contribution in [0.4, 0.5) is 0 Å². The van der Waals surface area contributed by atoms with Crippen molar-refractivity contribution in [3.05, 3.63) is 35.9 Å². The van der Waals surface area contributed by atoms with E-state index in [1.54, 1.807) is 0 Å². The maximum atomic E-state index is 11.0. The quantitative estimate of drug-likeness (QED) is 0.506. The Morgan fingerprint density at radius 2 is 1.92 bits per heavy atom. The molecule has 0 fully saturated rings. The van der Waals surface area contributed by atoms with E-state index < -0.39 is 12.3 Å². The molecule has 1 aromatic rings. The Morgan fingerprint density at radius 3 is 2.46 bits per heavy atom. The van der Waals surface area contributed by atoms with Crippen LogP contribution in [0.25, 0.3) is 0 Å². The van der Waals surface area contributed by atoms with Crippen LogP contribution < -0.4 is 11.5 Å². The fourth-order valence-corrected chi connectivity index (χ4v) is 0.956. The van der Waals surface area contributed by atoms with Crippen LogP contribution in [-0.4, -0.2) is 12.3 Å². The molecule has 0 saturated heterocycles. The number of ether oxygens (including phenoxy) is 1. The maximum Gasteiger partial charge on any atom is 0.312 e. The van der Waals surface area contributed by atoms with Gasteiger partial charge < -0.3 is 4.74 Å². The lowest BCUT2D eigenvalue weighted by atomic mass is 10.2. The highest BCUT2D eigenvalue weighted by molar-refractivity contribution is 5.72. The van der Waals surface area contributed by atoms with Crippen molar-refractivity contribution in [2.24, 2.45) is 11.5 Å². The van der Waals surface area contributed by atoms with Crippen LogP contribution in [0.3, 0.4) is 0 Å². The molecule has 0 amide bonds. The highest BCUT2D eigenvalue weighted by Gasteiger charge is 2.05. The van der Waals surface area contributed by atoms with E-state index in [1.807, 2.05) is 30.3 Å². The number of hydrogen-bond acceptors (Lipinski definition) is 4. The maximum absolute atomic E-state index is 11.0. The number of nitrogens with two attached hydrogens (primary N) is 2. The first kappa shape index (κ1) is 9.70. The van der Waals surface area contributed by atoms with Crippen molar-refractivity contribution >= 4 is 5.97 Å². The Hall–Kier alpha value is -1.39. The largest absolute Gasteiger partial charge is 0.433 e. The zero-order chi connectivity index (χ0) is 9.68. The van der Waals surface area contributed by atoms with Crippen molar-refractivity contribution in [1.29, 1.82) is 0 Å². The van der Waals surface area contributed by atoms with Crippen LogP contribution in [0.15, 0.2) is 30.3 Å². The van der Waals surface area contributed by atoms with Crippen molar-refractivity contribution in [1.82, 2.24) is 0 Å². The van der Waals surface area contributed by atoms with Gasteiger partial charge in [-0.15, -0.1) is 0 Å². The van der Waals surface area contributed by atoms with Crippen LogP contribution in [0.1, 0.15) is 5.56 Å². The molecule has 4 nitrogen and oxygen atoms in total. The van der Waals surface area contributed by atoms with Gasteiger partial charge in [0.2, 0.25) is 6.35 Å². The molecule has 1 rings (SSSR count). The van der Waals surface area contributed by atoms with Crippen LogP contribution >= 0.6 is 0 Å². The molecule has 0 bridgehead atoms. The fourth-order valence-electron chi connectivity index (χ4n) is 0.956. The van der Waals surface area contributed by atoms with Gasteiger partial charge in [0.05, 0.1) is 6.42 Å². The molecule has 0 aliphatic carbocycles. The third kappa shape index (κ3) is 3.68. The molecule has 0 spiro atoms. The summed E-state index contributed by atoms with van der Waals surface area (Å²) >= 11 is 0. The number of benzene rings is 1. The summed E-state index contributed by atoms with van der Waals surface area (Å²) in [6.45, 7) is 0. The standard InChI is InChI=1S/C9H12N2O2/c10-9(11)13-8(12)6-7-4-2-1-3-5-7/h1-5,9H,6,10-11H2. The van der Waals surface area contributed by atoms with E-state index >= 15 is 0 Å². The van der Waals surface area contributed by atoms with Crippen molar-refractivity contribution in [3.8, 4) is 0 Å². The minimum absolute atomic E-state index is 0.200. The summed E-state index contributed by atoms with van der Waals surface area (Å²) in [4.78, 5) is 11.0. The van der Waals surface area contributed by atoms with E-state index in [0.29, 0.717) is 0 Å². The van der Waals surface area contributed by atoms with E-state index in [9.17, 15) is 4.79 Å². The second kappa shape index (κ2) is 4.59. The molecule has 70 valence electrons. The number of esters is 1. The zero-order valence-electron chi connectivity index (χ0n) is 7.14. The van der Waals surface area contributed by atoms with Crippen molar-refractivity contribution in [2.45, 2.75) is 12.8 Å². The minimum Gasteiger partial charge on any atom is -0.433 e. The molecule has 4 heteroatoms. The summed E-state index contributed by atoms with van der Waals surface area (Å²) in [7, 11) is 0. The molecule has 0 heterocycles. The summed E-state index contributed by atoms with van der Waals surface area (Å²) in [5, 5.41) is 0. The molecule has 0 unspecified atom stereocenters. The van der Waals surface area contributed by atoms with Gasteiger partial charge in [0.15, 0.2) is 0 Å². The molecule has 0 aliphatic heterocycles. The predicted octanol–water partition coefficient (Wildman–Crippen LogP) is -0.0267. The first-order valence-corrected chi connectivity index (χ1v) is 3.93. The Morgan fingerprint density at radius 1 is 1.31 bits per heavy atom. The monoisotopic (exact) mass is 180 g/mol. The number of carbonyl (C=O) groups is 1. The molecule has 0 saturated carbocycles. The number of carbonyl (C=O) groups excluding carboxylic acids is 1. The number of hydrogen-bond donors (Lipinski definition) is 2. The van der Waals surface area contributed by atoms with E-state index in [-0.39, 0.29) is 6.42 Å². The predicted molar refractivity (Wildman–Crippen MR) is 48.4 cm³/mol. The molecule has 0 aromatic heterocycles. The lowest BCUT2D eigenvalue weighted by Gasteiger charge is -2.06. The van der Waals surface area contributed by atoms with Crippen molar-refractivity contribution < 1.29 is 9.53 Å². The summed E-state index contributed by atoms with van der Waals surface area (Å²) in [5.74, 6) is -0.416.